The summed E-state index contributed by atoms with van der Waals surface area (Å²) in [6, 6.07) is 0. The summed E-state index contributed by atoms with van der Waals surface area (Å²) in [5.41, 5.74) is 5.07. The van der Waals surface area contributed by atoms with E-state index in [2.05, 4.69) is 10.1 Å². The fourth-order valence-electron chi connectivity index (χ4n) is 0.496. The lowest BCUT2D eigenvalue weighted by Gasteiger charge is -2.03. The Kier molecular flexibility index (Phi) is 6.26. The number of rotatable bonds is 4. The fraction of sp³-hybridized carbons (Fsp3) is 0.667. The summed E-state index contributed by atoms with van der Waals surface area (Å²) in [5.74, 6) is 0.591. The Hall–Kier alpha value is -0.910. The molecule has 0 fully saturated rings. The molecular weight excluding hydrogens is 178 g/mol. The first-order valence-corrected chi connectivity index (χ1v) is 4.52. The molecule has 0 radical (unpaired) electrons. The van der Waals surface area contributed by atoms with Gasteiger partial charge in [-0.15, -0.1) is 0 Å². The lowest BCUT2D eigenvalue weighted by atomic mass is 10.7. The Labute approximate surface area is 75.5 Å². The van der Waals surface area contributed by atoms with Gasteiger partial charge in [0.25, 0.3) is 0 Å². The maximum atomic E-state index is 10.7. The van der Waals surface area contributed by atoms with Gasteiger partial charge >= 0.3 is 6.09 Å². The van der Waals surface area contributed by atoms with E-state index in [1.54, 1.807) is 6.92 Å². The monoisotopic (exact) mass is 191 g/mol. The molecule has 0 saturated carbocycles. The first-order valence-electron chi connectivity index (χ1n) is 3.54. The van der Waals surface area contributed by atoms with Gasteiger partial charge in [0.1, 0.15) is 0 Å². The Bertz CT molecular complexity index is 163. The van der Waals surface area contributed by atoms with E-state index in [-0.39, 0.29) is 5.17 Å². The molecule has 0 aliphatic rings. The van der Waals surface area contributed by atoms with Crippen LogP contribution in [0.4, 0.5) is 4.79 Å². The predicted octanol–water partition coefficient (Wildman–Crippen LogP) is 0.359. The predicted molar refractivity (Wildman–Crippen MR) is 49.4 cm³/mol. The zero-order chi connectivity index (χ0) is 9.40. The number of alkyl carbamates (subject to hydrolysis) is 1. The van der Waals surface area contributed by atoms with Crippen LogP contribution in [0.25, 0.3) is 0 Å². The maximum absolute atomic E-state index is 10.7. The van der Waals surface area contributed by atoms with Gasteiger partial charge in [-0.3, -0.25) is 5.41 Å². The highest BCUT2D eigenvalue weighted by molar-refractivity contribution is 8.13. The average Bonchev–Trinajstić information content (AvgIpc) is 1.98. The molecule has 4 N–H and O–H groups in total. The molecule has 0 heterocycles. The van der Waals surface area contributed by atoms with Gasteiger partial charge in [0.2, 0.25) is 0 Å². The number of ether oxygens (including phenoxy) is 1. The van der Waals surface area contributed by atoms with Crippen LogP contribution >= 0.6 is 11.8 Å². The third-order valence-corrected chi connectivity index (χ3v) is 1.62. The van der Waals surface area contributed by atoms with Crippen molar-refractivity contribution in [3.8, 4) is 0 Å². The number of carbonyl (C=O) groups excluding carboxylic acids is 1. The highest BCUT2D eigenvalue weighted by Gasteiger charge is 1.98. The summed E-state index contributed by atoms with van der Waals surface area (Å²) in [6.45, 7) is 2.57. The topological polar surface area (TPSA) is 88.2 Å². The van der Waals surface area contributed by atoms with Crippen LogP contribution in [-0.4, -0.2) is 30.2 Å². The summed E-state index contributed by atoms with van der Waals surface area (Å²) >= 11 is 1.18. The van der Waals surface area contributed by atoms with Crippen LogP contribution in [0.1, 0.15) is 6.92 Å². The van der Waals surface area contributed by atoms with Gasteiger partial charge in [0, 0.05) is 12.3 Å². The second-order valence-corrected chi connectivity index (χ2v) is 3.00. The van der Waals surface area contributed by atoms with Gasteiger partial charge in [-0.1, -0.05) is 11.8 Å². The minimum Gasteiger partial charge on any atom is -0.450 e. The van der Waals surface area contributed by atoms with E-state index < -0.39 is 6.09 Å². The molecule has 0 aliphatic carbocycles. The molecule has 1 amide bonds. The number of nitrogens with one attached hydrogen (secondary N) is 2. The summed E-state index contributed by atoms with van der Waals surface area (Å²) in [7, 11) is 0. The van der Waals surface area contributed by atoms with Gasteiger partial charge in [0.15, 0.2) is 5.17 Å². The van der Waals surface area contributed by atoms with Gasteiger partial charge in [-0.2, -0.15) is 0 Å². The van der Waals surface area contributed by atoms with Crippen molar-refractivity contribution in [1.29, 1.82) is 5.41 Å². The first kappa shape index (κ1) is 11.1. The largest absolute Gasteiger partial charge is 0.450 e. The van der Waals surface area contributed by atoms with Crippen molar-refractivity contribution in [3.63, 3.8) is 0 Å². The zero-order valence-electron chi connectivity index (χ0n) is 6.92. The molecule has 0 atom stereocenters. The smallest absolute Gasteiger partial charge is 0.407 e. The number of carbonyl (C=O) groups is 1. The van der Waals surface area contributed by atoms with E-state index in [1.807, 2.05) is 0 Å². The number of nitrogens with two attached hydrogens (primary N) is 1. The van der Waals surface area contributed by atoms with Crippen molar-refractivity contribution in [3.05, 3.63) is 0 Å². The van der Waals surface area contributed by atoms with Crippen LogP contribution in [0.5, 0.6) is 0 Å². The average molecular weight is 191 g/mol. The number of hydrogen-bond acceptors (Lipinski definition) is 4. The molecule has 12 heavy (non-hydrogen) atoms. The molecule has 0 saturated heterocycles. The van der Waals surface area contributed by atoms with E-state index in [1.165, 1.54) is 11.8 Å². The number of thioether (sulfide) groups is 1. The van der Waals surface area contributed by atoms with Gasteiger partial charge in [0.05, 0.1) is 6.61 Å². The van der Waals surface area contributed by atoms with Crippen molar-refractivity contribution < 1.29 is 9.53 Å². The van der Waals surface area contributed by atoms with Crippen molar-refractivity contribution in [2.24, 2.45) is 5.73 Å². The maximum Gasteiger partial charge on any atom is 0.407 e. The summed E-state index contributed by atoms with van der Waals surface area (Å²) < 4.78 is 4.60. The van der Waals surface area contributed by atoms with E-state index in [0.29, 0.717) is 18.9 Å². The van der Waals surface area contributed by atoms with Crippen LogP contribution in [0, 0.1) is 5.41 Å². The lowest BCUT2D eigenvalue weighted by molar-refractivity contribution is 0.153. The van der Waals surface area contributed by atoms with Crippen molar-refractivity contribution in [2.45, 2.75) is 6.92 Å². The van der Waals surface area contributed by atoms with Crippen LogP contribution < -0.4 is 11.1 Å². The fourth-order valence-corrected chi connectivity index (χ4v) is 0.920. The Morgan fingerprint density at radius 1 is 1.75 bits per heavy atom. The Morgan fingerprint density at radius 3 is 2.92 bits per heavy atom. The number of amides is 1. The standard InChI is InChI=1S/C6H13N3O2S/c1-2-11-6(10)9-3-4-12-5(7)8/h2-4H2,1H3,(H3,7,8)(H,9,10). The first-order chi connectivity index (χ1) is 5.66. The Balaban J connectivity index is 3.19. The molecule has 70 valence electrons. The summed E-state index contributed by atoms with van der Waals surface area (Å²) in [4.78, 5) is 10.7. The second-order valence-electron chi connectivity index (χ2n) is 1.86. The van der Waals surface area contributed by atoms with Crippen LogP contribution in [-0.2, 0) is 4.74 Å². The highest BCUT2D eigenvalue weighted by atomic mass is 32.2. The van der Waals surface area contributed by atoms with Gasteiger partial charge in [-0.25, -0.2) is 4.79 Å². The summed E-state index contributed by atoms with van der Waals surface area (Å²) in [5, 5.41) is 9.42. The van der Waals surface area contributed by atoms with Gasteiger partial charge in [-0.05, 0) is 6.92 Å². The minimum absolute atomic E-state index is 0.0562. The van der Waals surface area contributed by atoms with E-state index >= 15 is 0 Å². The summed E-state index contributed by atoms with van der Waals surface area (Å²) in [6.07, 6.45) is -0.429. The molecule has 0 rings (SSSR count). The molecule has 0 unspecified atom stereocenters. The molecule has 0 aliphatic heterocycles. The van der Waals surface area contributed by atoms with Crippen LogP contribution in [0.15, 0.2) is 0 Å². The highest BCUT2D eigenvalue weighted by Crippen LogP contribution is 1.94. The zero-order valence-corrected chi connectivity index (χ0v) is 7.74. The molecule has 0 bridgehead atoms. The van der Waals surface area contributed by atoms with Crippen molar-refractivity contribution in [1.82, 2.24) is 5.32 Å². The minimum atomic E-state index is -0.429. The molecule has 0 aromatic heterocycles. The van der Waals surface area contributed by atoms with E-state index in [4.69, 9.17) is 11.1 Å². The molecule has 5 nitrogen and oxygen atoms in total. The third-order valence-electron chi connectivity index (χ3n) is 0.904. The molecule has 0 spiro atoms. The molecular formula is C6H13N3O2S. The van der Waals surface area contributed by atoms with Gasteiger partial charge < -0.3 is 15.8 Å². The molecule has 0 aromatic carbocycles. The van der Waals surface area contributed by atoms with E-state index in [9.17, 15) is 4.79 Å². The van der Waals surface area contributed by atoms with E-state index in [0.717, 1.165) is 0 Å². The molecule has 6 heteroatoms. The number of amidine groups is 1. The molecule has 0 aromatic rings. The normalized spacial score (nSPS) is 9.08. The SMILES string of the molecule is CCOC(=O)NCCSC(=N)N. The van der Waals surface area contributed by atoms with Crippen LogP contribution in [0.3, 0.4) is 0 Å². The Morgan fingerprint density at radius 2 is 2.42 bits per heavy atom. The van der Waals surface area contributed by atoms with Crippen LogP contribution in [0.2, 0.25) is 0 Å². The lowest BCUT2D eigenvalue weighted by Crippen LogP contribution is -2.27. The third kappa shape index (κ3) is 7.20. The van der Waals surface area contributed by atoms with Crippen molar-refractivity contribution >= 4 is 23.0 Å². The quantitative estimate of drug-likeness (QED) is 0.340. The van der Waals surface area contributed by atoms with Crippen molar-refractivity contribution in [2.75, 3.05) is 18.9 Å². The number of hydrogen-bond donors (Lipinski definition) is 3. The second kappa shape index (κ2) is 6.78.